The van der Waals surface area contributed by atoms with Crippen LogP contribution in [0.2, 0.25) is 5.02 Å². The zero-order chi connectivity index (χ0) is 25.9. The van der Waals surface area contributed by atoms with E-state index in [0.717, 1.165) is 23.1 Å². The summed E-state index contributed by atoms with van der Waals surface area (Å²) in [5, 5.41) is 12.1. The largest absolute Gasteiger partial charge is 0.406 e. The third-order valence-electron chi connectivity index (χ3n) is 5.70. The second-order valence-corrected chi connectivity index (χ2v) is 10.3. The summed E-state index contributed by atoms with van der Waals surface area (Å²) in [6.07, 6.45) is -2.78. The summed E-state index contributed by atoms with van der Waals surface area (Å²) in [5.41, 5.74) is 1.91. The van der Waals surface area contributed by atoms with Crippen molar-refractivity contribution in [3.8, 4) is 11.8 Å². The highest BCUT2D eigenvalue weighted by atomic mass is 35.5. The topological polar surface area (TPSA) is 98.4 Å². The van der Waals surface area contributed by atoms with Crippen molar-refractivity contribution < 1.29 is 26.3 Å². The molecule has 36 heavy (non-hydrogen) atoms. The van der Waals surface area contributed by atoms with Crippen LogP contribution in [0, 0.1) is 11.8 Å². The number of rotatable bonds is 6. The van der Waals surface area contributed by atoms with Crippen LogP contribution in [0.1, 0.15) is 18.5 Å². The number of nitrogens with two attached hydrogens (primary N) is 1. The highest BCUT2D eigenvalue weighted by Crippen LogP contribution is 2.31. The standard InChI is InChI=1S/C24H24ClF3N4O3S/c25-20-13-17(6-7-23(20)36(29,33)34)30-10-2-3-18-14-19-21(31-16-8-11-35-12-9-16)4-1-5-22(19)32(18)15-24(26,27)28/h1,4-7,13-14,16,30-31H,8-12,15H2,(H2,29,33,34). The number of hydrogen-bond acceptors (Lipinski definition) is 5. The number of ether oxygens (including phenoxy) is 1. The summed E-state index contributed by atoms with van der Waals surface area (Å²) in [6, 6.07) is 11.2. The van der Waals surface area contributed by atoms with Crippen LogP contribution < -0.4 is 15.8 Å². The number of halogens is 4. The van der Waals surface area contributed by atoms with Crippen LogP contribution in [0.25, 0.3) is 10.9 Å². The molecular weight excluding hydrogens is 517 g/mol. The van der Waals surface area contributed by atoms with Gasteiger partial charge in [-0.3, -0.25) is 0 Å². The van der Waals surface area contributed by atoms with Crippen LogP contribution in [-0.2, 0) is 21.3 Å². The van der Waals surface area contributed by atoms with Crippen molar-refractivity contribution >= 4 is 43.9 Å². The molecule has 0 unspecified atom stereocenters. The predicted molar refractivity (Wildman–Crippen MR) is 134 cm³/mol. The summed E-state index contributed by atoms with van der Waals surface area (Å²) >= 11 is 5.98. The molecule has 192 valence electrons. The van der Waals surface area contributed by atoms with Crippen molar-refractivity contribution in [3.05, 3.63) is 53.2 Å². The number of primary sulfonamides is 1. The third kappa shape index (κ3) is 6.44. The van der Waals surface area contributed by atoms with E-state index < -0.39 is 22.7 Å². The summed E-state index contributed by atoms with van der Waals surface area (Å²) in [4.78, 5) is -0.206. The fraction of sp³-hybridized carbons (Fsp3) is 0.333. The van der Waals surface area contributed by atoms with Gasteiger partial charge in [0.25, 0.3) is 0 Å². The van der Waals surface area contributed by atoms with Crippen molar-refractivity contribution in [1.29, 1.82) is 0 Å². The lowest BCUT2D eigenvalue weighted by Gasteiger charge is -2.24. The van der Waals surface area contributed by atoms with Gasteiger partial charge >= 0.3 is 6.18 Å². The van der Waals surface area contributed by atoms with Crippen molar-refractivity contribution in [2.45, 2.75) is 36.5 Å². The van der Waals surface area contributed by atoms with Gasteiger partial charge in [-0.25, -0.2) is 13.6 Å². The van der Waals surface area contributed by atoms with Crippen molar-refractivity contribution in [2.75, 3.05) is 30.4 Å². The molecule has 12 heteroatoms. The predicted octanol–water partition coefficient (Wildman–Crippen LogP) is 4.56. The molecule has 0 saturated carbocycles. The molecule has 0 atom stereocenters. The number of sulfonamides is 1. The molecule has 0 aliphatic carbocycles. The summed E-state index contributed by atoms with van der Waals surface area (Å²) in [7, 11) is -3.95. The molecule has 2 heterocycles. The molecule has 7 nitrogen and oxygen atoms in total. The highest BCUT2D eigenvalue weighted by Gasteiger charge is 2.30. The van der Waals surface area contributed by atoms with Crippen molar-refractivity contribution in [1.82, 2.24) is 4.57 Å². The maximum Gasteiger partial charge on any atom is 0.406 e. The van der Waals surface area contributed by atoms with Crippen molar-refractivity contribution in [2.24, 2.45) is 5.14 Å². The number of nitrogens with one attached hydrogen (secondary N) is 2. The molecule has 2 aromatic carbocycles. The Bertz CT molecular complexity index is 1420. The summed E-state index contributed by atoms with van der Waals surface area (Å²) in [5.74, 6) is 5.66. The van der Waals surface area contributed by atoms with E-state index in [-0.39, 0.29) is 28.2 Å². The van der Waals surface area contributed by atoms with Gasteiger partial charge in [0.15, 0.2) is 0 Å². The molecule has 4 N–H and O–H groups in total. The molecule has 0 amide bonds. The van der Waals surface area contributed by atoms with Gasteiger partial charge in [0.1, 0.15) is 11.4 Å². The van der Waals surface area contributed by atoms with Gasteiger partial charge in [-0.1, -0.05) is 23.6 Å². The van der Waals surface area contributed by atoms with Gasteiger partial charge in [-0.15, -0.1) is 0 Å². The Morgan fingerprint density at radius 2 is 1.92 bits per heavy atom. The van der Waals surface area contributed by atoms with Crippen LogP contribution in [0.3, 0.4) is 0 Å². The smallest absolute Gasteiger partial charge is 0.382 e. The molecule has 1 saturated heterocycles. The Morgan fingerprint density at radius 3 is 2.58 bits per heavy atom. The molecule has 0 spiro atoms. The zero-order valence-corrected chi connectivity index (χ0v) is 20.6. The van der Waals surface area contributed by atoms with Gasteiger partial charge in [-0.05, 0) is 55.2 Å². The van der Waals surface area contributed by atoms with Crippen molar-refractivity contribution in [3.63, 3.8) is 0 Å². The Hall–Kier alpha value is -2.91. The number of hydrogen-bond donors (Lipinski definition) is 3. The molecule has 0 bridgehead atoms. The van der Waals surface area contributed by atoms with Gasteiger partial charge in [0, 0.05) is 36.0 Å². The first-order valence-electron chi connectivity index (χ1n) is 11.1. The molecule has 3 aromatic rings. The monoisotopic (exact) mass is 540 g/mol. The minimum Gasteiger partial charge on any atom is -0.382 e. The lowest BCUT2D eigenvalue weighted by molar-refractivity contribution is -0.140. The van der Waals surface area contributed by atoms with Gasteiger partial charge in [-0.2, -0.15) is 13.2 Å². The Kier molecular flexibility index (Phi) is 7.70. The lowest BCUT2D eigenvalue weighted by atomic mass is 10.1. The number of aromatic nitrogens is 1. The van der Waals surface area contributed by atoms with Gasteiger partial charge in [0.05, 0.1) is 22.8 Å². The quantitative estimate of drug-likeness (QED) is 0.398. The normalized spacial score (nSPS) is 14.9. The first kappa shape index (κ1) is 26.2. The lowest BCUT2D eigenvalue weighted by Crippen LogP contribution is -2.27. The maximum absolute atomic E-state index is 13.4. The molecular formula is C24H24ClF3N4O3S. The number of anilines is 2. The van der Waals surface area contributed by atoms with Crippen LogP contribution >= 0.6 is 11.6 Å². The first-order chi connectivity index (χ1) is 17.0. The Balaban J connectivity index is 1.58. The molecule has 1 aliphatic heterocycles. The first-order valence-corrected chi connectivity index (χ1v) is 13.0. The van der Waals surface area contributed by atoms with E-state index in [1.165, 1.54) is 18.2 Å². The van der Waals surface area contributed by atoms with E-state index in [1.54, 1.807) is 18.2 Å². The summed E-state index contributed by atoms with van der Waals surface area (Å²) in [6.45, 7) is 0.204. The molecule has 4 rings (SSSR count). The Morgan fingerprint density at radius 1 is 1.17 bits per heavy atom. The van der Waals surface area contributed by atoms with Gasteiger partial charge in [0.2, 0.25) is 10.0 Å². The number of benzene rings is 2. The molecule has 1 fully saturated rings. The maximum atomic E-state index is 13.4. The zero-order valence-electron chi connectivity index (χ0n) is 19.0. The molecule has 0 radical (unpaired) electrons. The Labute approximate surface area is 211 Å². The van der Waals surface area contributed by atoms with E-state index in [9.17, 15) is 21.6 Å². The fourth-order valence-electron chi connectivity index (χ4n) is 4.05. The highest BCUT2D eigenvalue weighted by molar-refractivity contribution is 7.89. The number of nitrogens with zero attached hydrogens (tertiary/aromatic N) is 1. The molecule has 1 aliphatic rings. The van der Waals surface area contributed by atoms with Crippen LogP contribution in [-0.4, -0.2) is 45.0 Å². The minimum atomic E-state index is -4.42. The van der Waals surface area contributed by atoms with E-state index in [2.05, 4.69) is 22.5 Å². The second kappa shape index (κ2) is 10.6. The van der Waals surface area contributed by atoms with Crippen LogP contribution in [0.15, 0.2) is 47.4 Å². The average molecular weight is 541 g/mol. The number of alkyl halides is 3. The van der Waals surface area contributed by atoms with E-state index in [4.69, 9.17) is 21.5 Å². The van der Waals surface area contributed by atoms with Gasteiger partial charge < -0.3 is 19.9 Å². The van der Waals surface area contributed by atoms with Crippen LogP contribution in [0.4, 0.5) is 24.5 Å². The number of fused-ring (bicyclic) bond motifs is 1. The van der Waals surface area contributed by atoms with E-state index >= 15 is 0 Å². The van der Waals surface area contributed by atoms with E-state index in [1.807, 2.05) is 6.07 Å². The second-order valence-electron chi connectivity index (χ2n) is 8.35. The van der Waals surface area contributed by atoms with Crippen LogP contribution in [0.5, 0.6) is 0 Å². The fourth-order valence-corrected chi connectivity index (χ4v) is 5.14. The third-order valence-corrected chi connectivity index (χ3v) is 7.09. The average Bonchev–Trinajstić information content (AvgIpc) is 3.13. The SMILES string of the molecule is NS(=O)(=O)c1ccc(NCC#Cc2cc3c(NC4CCOCC4)cccc3n2CC(F)(F)F)cc1Cl. The van der Waals surface area contributed by atoms with E-state index in [0.29, 0.717) is 29.8 Å². The minimum absolute atomic E-state index is 0.0506. The summed E-state index contributed by atoms with van der Waals surface area (Å²) < 4.78 is 69.7. The molecule has 1 aromatic heterocycles.